The molecule has 33 heavy (non-hydrogen) atoms. The zero-order valence-electron chi connectivity index (χ0n) is 20.3. The van der Waals surface area contributed by atoms with E-state index in [1.165, 1.54) is 31.9 Å². The van der Waals surface area contributed by atoms with Gasteiger partial charge in [0.15, 0.2) is 0 Å². The van der Waals surface area contributed by atoms with E-state index in [1.807, 2.05) is 0 Å². The van der Waals surface area contributed by atoms with Crippen LogP contribution in [0.2, 0.25) is 0 Å². The van der Waals surface area contributed by atoms with Gasteiger partial charge in [-0.25, -0.2) is 8.42 Å². The molecule has 0 amide bonds. The molecule has 180 valence electrons. The van der Waals surface area contributed by atoms with Gasteiger partial charge >= 0.3 is 5.97 Å². The molecule has 1 heterocycles. The lowest BCUT2D eigenvalue weighted by molar-refractivity contribution is -0.156. The molecule has 2 atom stereocenters. The number of sulfonamides is 1. The molecule has 1 saturated heterocycles. The summed E-state index contributed by atoms with van der Waals surface area (Å²) >= 11 is 0. The van der Waals surface area contributed by atoms with Crippen molar-refractivity contribution in [3.8, 4) is 11.1 Å². The first-order chi connectivity index (χ1) is 15.4. The second-order valence-corrected chi connectivity index (χ2v) is 11.6. The smallest absolute Gasteiger partial charge is 0.324 e. The van der Waals surface area contributed by atoms with Crippen molar-refractivity contribution in [1.29, 1.82) is 0 Å². The summed E-state index contributed by atoms with van der Waals surface area (Å²) in [7, 11) is -3.84. The number of rotatable bonds is 8. The average molecular weight is 473 g/mol. The van der Waals surface area contributed by atoms with Crippen molar-refractivity contribution in [3.05, 3.63) is 54.1 Å². The number of ether oxygens (including phenoxy) is 1. The van der Waals surface area contributed by atoms with Crippen molar-refractivity contribution < 1.29 is 17.9 Å². The summed E-state index contributed by atoms with van der Waals surface area (Å²) in [6.45, 7) is 11.3. The van der Waals surface area contributed by atoms with Crippen LogP contribution in [0.15, 0.2) is 53.4 Å². The lowest BCUT2D eigenvalue weighted by atomic mass is 10.0. The van der Waals surface area contributed by atoms with E-state index >= 15 is 0 Å². The molecule has 2 aromatic rings. The summed E-state index contributed by atoms with van der Waals surface area (Å²) in [5.41, 5.74) is 2.60. The number of nitrogens with one attached hydrogen (secondary N) is 1. The molecule has 6 nitrogen and oxygen atoms in total. The van der Waals surface area contributed by atoms with E-state index in [9.17, 15) is 13.2 Å². The second kappa shape index (κ2) is 10.4. The summed E-state index contributed by atoms with van der Waals surface area (Å²) in [6, 6.07) is 14.8. The van der Waals surface area contributed by atoms with Gasteiger partial charge in [0.25, 0.3) is 0 Å². The minimum absolute atomic E-state index is 0.109. The lowest BCUT2D eigenvalue weighted by Crippen LogP contribution is -2.42. The Bertz CT molecular complexity index is 1040. The molecule has 1 aliphatic rings. The van der Waals surface area contributed by atoms with Crippen LogP contribution < -0.4 is 4.72 Å². The quantitative estimate of drug-likeness (QED) is 0.577. The Morgan fingerprint density at radius 1 is 1.09 bits per heavy atom. The number of hydrogen-bond acceptors (Lipinski definition) is 5. The summed E-state index contributed by atoms with van der Waals surface area (Å²) in [4.78, 5) is 14.8. The number of benzene rings is 2. The van der Waals surface area contributed by atoms with E-state index < -0.39 is 27.6 Å². The number of likely N-dealkylation sites (tertiary alicyclic amines) is 1. The van der Waals surface area contributed by atoms with Crippen LogP contribution >= 0.6 is 0 Å². The van der Waals surface area contributed by atoms with Crippen LogP contribution in [0.5, 0.6) is 0 Å². The third kappa shape index (κ3) is 7.13. The monoisotopic (exact) mass is 472 g/mol. The maximum atomic E-state index is 12.7. The summed E-state index contributed by atoms with van der Waals surface area (Å²) < 4.78 is 33.0. The van der Waals surface area contributed by atoms with Crippen LogP contribution in [0, 0.1) is 0 Å². The molecule has 1 fully saturated rings. The number of carbonyl (C=O) groups excluding carboxylic acids is 1. The zero-order chi connectivity index (χ0) is 24.2. The van der Waals surface area contributed by atoms with Gasteiger partial charge in [0.05, 0.1) is 4.90 Å². The van der Waals surface area contributed by atoms with E-state index in [1.54, 1.807) is 45.0 Å². The Kier molecular flexibility index (Phi) is 7.98. The maximum Gasteiger partial charge on any atom is 0.324 e. The molecule has 2 aromatic carbocycles. The highest BCUT2D eigenvalue weighted by Gasteiger charge is 2.26. The predicted molar refractivity (Wildman–Crippen MR) is 131 cm³/mol. The Morgan fingerprint density at radius 3 is 2.18 bits per heavy atom. The Hall–Kier alpha value is -2.22. The first-order valence-electron chi connectivity index (χ1n) is 11.6. The molecule has 1 N–H and O–H groups in total. The van der Waals surface area contributed by atoms with Gasteiger partial charge in [-0.2, -0.15) is 4.72 Å². The highest BCUT2D eigenvalue weighted by Crippen LogP contribution is 2.23. The molecule has 0 bridgehead atoms. The van der Waals surface area contributed by atoms with Gasteiger partial charge < -0.3 is 9.64 Å². The van der Waals surface area contributed by atoms with Gasteiger partial charge in [-0.15, -0.1) is 0 Å². The van der Waals surface area contributed by atoms with Gasteiger partial charge in [0.2, 0.25) is 10.0 Å². The van der Waals surface area contributed by atoms with Gasteiger partial charge in [0, 0.05) is 12.6 Å². The highest BCUT2D eigenvalue weighted by atomic mass is 32.2. The zero-order valence-corrected chi connectivity index (χ0v) is 21.1. The minimum atomic E-state index is -3.84. The van der Waals surface area contributed by atoms with Crippen LogP contribution in [0.1, 0.15) is 53.0 Å². The largest absolute Gasteiger partial charge is 0.459 e. The molecule has 0 spiro atoms. The maximum absolute atomic E-state index is 12.7. The van der Waals surface area contributed by atoms with Crippen molar-refractivity contribution in [1.82, 2.24) is 9.62 Å². The molecule has 0 radical (unpaired) electrons. The molecule has 0 saturated carbocycles. The molecule has 0 aliphatic carbocycles. The highest BCUT2D eigenvalue weighted by molar-refractivity contribution is 7.89. The van der Waals surface area contributed by atoms with Gasteiger partial charge in [-0.3, -0.25) is 4.79 Å². The van der Waals surface area contributed by atoms with E-state index in [4.69, 9.17) is 4.74 Å². The Balaban J connectivity index is 1.61. The molecular weight excluding hydrogens is 436 g/mol. The molecule has 0 aromatic heterocycles. The van der Waals surface area contributed by atoms with Crippen molar-refractivity contribution in [2.45, 2.75) is 76.5 Å². The molecule has 7 heteroatoms. The number of carbonyl (C=O) groups is 1. The van der Waals surface area contributed by atoms with Crippen molar-refractivity contribution in [2.75, 3.05) is 13.1 Å². The van der Waals surface area contributed by atoms with Crippen LogP contribution in [0.3, 0.4) is 0 Å². The van der Waals surface area contributed by atoms with Crippen molar-refractivity contribution >= 4 is 16.0 Å². The van der Waals surface area contributed by atoms with Crippen LogP contribution in [-0.2, 0) is 26.0 Å². The third-order valence-corrected chi connectivity index (χ3v) is 7.48. The van der Waals surface area contributed by atoms with E-state index in [2.05, 4.69) is 40.8 Å². The van der Waals surface area contributed by atoms with Gasteiger partial charge in [-0.1, -0.05) is 36.4 Å². The molecule has 3 rings (SSSR count). The number of esters is 1. The predicted octanol–water partition coefficient (Wildman–Crippen LogP) is 4.39. The first kappa shape index (κ1) is 25.4. The van der Waals surface area contributed by atoms with Crippen molar-refractivity contribution in [2.24, 2.45) is 0 Å². The van der Waals surface area contributed by atoms with Gasteiger partial charge in [0.1, 0.15) is 11.6 Å². The summed E-state index contributed by atoms with van der Waals surface area (Å²) in [6.07, 6.45) is 3.62. The van der Waals surface area contributed by atoms with Crippen LogP contribution in [0.4, 0.5) is 0 Å². The normalized spacial score (nSPS) is 18.3. The van der Waals surface area contributed by atoms with E-state index in [0.29, 0.717) is 6.04 Å². The number of hydrogen-bond donors (Lipinski definition) is 1. The van der Waals surface area contributed by atoms with Crippen LogP contribution in [-0.4, -0.2) is 50.1 Å². The number of nitrogens with zero attached hydrogens (tertiary/aromatic N) is 1. The third-order valence-electron chi connectivity index (χ3n) is 5.92. The van der Waals surface area contributed by atoms with E-state index in [-0.39, 0.29) is 4.90 Å². The summed E-state index contributed by atoms with van der Waals surface area (Å²) in [5, 5.41) is 0. The molecule has 2 unspecified atom stereocenters. The van der Waals surface area contributed by atoms with Crippen LogP contribution in [0.25, 0.3) is 11.1 Å². The first-order valence-corrected chi connectivity index (χ1v) is 13.1. The fourth-order valence-electron chi connectivity index (χ4n) is 4.03. The lowest BCUT2D eigenvalue weighted by Gasteiger charge is -2.22. The minimum Gasteiger partial charge on any atom is -0.459 e. The summed E-state index contributed by atoms with van der Waals surface area (Å²) in [5.74, 6) is -0.609. The standard InChI is InChI=1S/C26H36N2O4S/c1-19-7-6-17-28(19)18-16-21-8-10-22(11-9-21)23-12-14-24(15-13-23)33(30,31)27-20(2)25(29)32-26(3,4)5/h8-15,19-20,27H,6-7,16-18H2,1-5H3. The fraction of sp³-hybridized carbons (Fsp3) is 0.500. The van der Waals surface area contributed by atoms with Gasteiger partial charge in [-0.05, 0) is 89.2 Å². The average Bonchev–Trinajstić information content (AvgIpc) is 3.16. The topological polar surface area (TPSA) is 75.7 Å². The fourth-order valence-corrected chi connectivity index (χ4v) is 5.22. The molecular formula is C26H36N2O4S. The van der Waals surface area contributed by atoms with Crippen molar-refractivity contribution in [3.63, 3.8) is 0 Å². The Morgan fingerprint density at radius 2 is 1.67 bits per heavy atom. The molecule has 1 aliphatic heterocycles. The SMILES string of the molecule is CC(NS(=O)(=O)c1ccc(-c2ccc(CCN3CCCC3C)cc2)cc1)C(=O)OC(C)(C)C. The second-order valence-electron chi connectivity index (χ2n) is 9.87. The van der Waals surface area contributed by atoms with E-state index in [0.717, 1.165) is 24.1 Å². The Labute approximate surface area is 198 Å².